The van der Waals surface area contributed by atoms with Crippen LogP contribution in [0.2, 0.25) is 0 Å². The van der Waals surface area contributed by atoms with E-state index >= 15 is 0 Å². The molecule has 0 saturated heterocycles. The van der Waals surface area contributed by atoms with Gasteiger partial charge in [-0.05, 0) is 49.9 Å². The minimum absolute atomic E-state index is 0.485. The molecule has 1 atom stereocenters. The molecule has 0 aliphatic rings. The highest BCUT2D eigenvalue weighted by molar-refractivity contribution is 5.24. The normalized spacial score (nSPS) is 12.6. The summed E-state index contributed by atoms with van der Waals surface area (Å²) >= 11 is 0. The Bertz CT molecular complexity index is 292. The average Bonchev–Trinajstić information content (AvgIpc) is 2.39. The van der Waals surface area contributed by atoms with Gasteiger partial charge in [0.05, 0.1) is 0 Å². The van der Waals surface area contributed by atoms with E-state index in [9.17, 15) is 0 Å². The Labute approximate surface area is 106 Å². The molecule has 0 saturated carbocycles. The summed E-state index contributed by atoms with van der Waals surface area (Å²) in [7, 11) is 0. The van der Waals surface area contributed by atoms with Crippen LogP contribution in [0.4, 0.5) is 0 Å². The van der Waals surface area contributed by atoms with Gasteiger partial charge in [-0.3, -0.25) is 0 Å². The van der Waals surface area contributed by atoms with Crippen LogP contribution in [0.1, 0.15) is 50.3 Å². The van der Waals surface area contributed by atoms with Gasteiger partial charge in [0.15, 0.2) is 0 Å². The fourth-order valence-electron chi connectivity index (χ4n) is 2.03. The van der Waals surface area contributed by atoms with Crippen molar-refractivity contribution in [3.8, 4) is 0 Å². The Morgan fingerprint density at radius 2 is 1.82 bits per heavy atom. The van der Waals surface area contributed by atoms with E-state index in [1.54, 1.807) is 0 Å². The van der Waals surface area contributed by atoms with Crippen LogP contribution in [0.5, 0.6) is 0 Å². The molecule has 0 aliphatic heterocycles. The lowest BCUT2D eigenvalue weighted by atomic mass is 10.0. The number of nitrogens with one attached hydrogen (secondary N) is 1. The summed E-state index contributed by atoms with van der Waals surface area (Å²) in [6.07, 6.45) is 4.52. The third-order valence-corrected chi connectivity index (χ3v) is 3.22. The third kappa shape index (κ3) is 4.88. The first kappa shape index (κ1) is 14.2. The number of rotatable bonds is 8. The highest BCUT2D eigenvalue weighted by Gasteiger charge is 2.07. The predicted molar refractivity (Wildman–Crippen MR) is 75.1 cm³/mol. The van der Waals surface area contributed by atoms with Crippen molar-refractivity contribution < 1.29 is 0 Å². The fourth-order valence-corrected chi connectivity index (χ4v) is 2.03. The molecule has 1 aromatic rings. The molecule has 0 spiro atoms. The van der Waals surface area contributed by atoms with Crippen molar-refractivity contribution in [3.63, 3.8) is 0 Å². The van der Waals surface area contributed by atoms with Crippen molar-refractivity contribution in [1.82, 2.24) is 5.32 Å². The van der Waals surface area contributed by atoms with Crippen molar-refractivity contribution in [3.05, 3.63) is 35.4 Å². The van der Waals surface area contributed by atoms with E-state index in [1.165, 1.54) is 17.5 Å². The summed E-state index contributed by atoms with van der Waals surface area (Å²) in [6.45, 7) is 6.28. The van der Waals surface area contributed by atoms with E-state index < -0.39 is 0 Å². The topological polar surface area (TPSA) is 38.0 Å². The summed E-state index contributed by atoms with van der Waals surface area (Å²) in [5.41, 5.74) is 8.30. The second-order valence-corrected chi connectivity index (χ2v) is 4.51. The molecule has 1 aromatic carbocycles. The lowest BCUT2D eigenvalue weighted by Crippen LogP contribution is -2.22. The SMILES string of the molecule is CCc1ccc(C(CC)NCCCCN)cc1. The van der Waals surface area contributed by atoms with E-state index in [4.69, 9.17) is 5.73 Å². The molecule has 1 rings (SSSR count). The minimum atomic E-state index is 0.485. The Hall–Kier alpha value is -0.860. The molecule has 96 valence electrons. The van der Waals surface area contributed by atoms with Gasteiger partial charge in [-0.15, -0.1) is 0 Å². The molecule has 2 heteroatoms. The van der Waals surface area contributed by atoms with Gasteiger partial charge in [0.25, 0.3) is 0 Å². The van der Waals surface area contributed by atoms with Crippen LogP contribution in [0.3, 0.4) is 0 Å². The van der Waals surface area contributed by atoms with Crippen LogP contribution in [0, 0.1) is 0 Å². The van der Waals surface area contributed by atoms with E-state index in [0.29, 0.717) is 6.04 Å². The van der Waals surface area contributed by atoms with Crippen molar-refractivity contribution in [1.29, 1.82) is 0 Å². The van der Waals surface area contributed by atoms with E-state index in [-0.39, 0.29) is 0 Å². The number of aryl methyl sites for hydroxylation is 1. The molecular weight excluding hydrogens is 208 g/mol. The lowest BCUT2D eigenvalue weighted by Gasteiger charge is -2.17. The molecule has 0 radical (unpaired) electrons. The Balaban J connectivity index is 2.47. The lowest BCUT2D eigenvalue weighted by molar-refractivity contribution is 0.504. The standard InChI is InChI=1S/C15H26N2/c1-3-13-7-9-14(10-8-13)15(4-2)17-12-6-5-11-16/h7-10,15,17H,3-6,11-12,16H2,1-2H3. The molecular formula is C15H26N2. The average molecular weight is 234 g/mol. The second kappa shape index (κ2) is 8.26. The van der Waals surface area contributed by atoms with Gasteiger partial charge in [-0.25, -0.2) is 0 Å². The first-order valence-corrected chi connectivity index (χ1v) is 6.84. The maximum Gasteiger partial charge on any atom is 0.0317 e. The number of nitrogens with two attached hydrogens (primary N) is 1. The molecule has 0 fully saturated rings. The van der Waals surface area contributed by atoms with Gasteiger partial charge in [0.1, 0.15) is 0 Å². The van der Waals surface area contributed by atoms with Crippen LogP contribution in [0.25, 0.3) is 0 Å². The zero-order valence-corrected chi connectivity index (χ0v) is 11.2. The molecule has 0 heterocycles. The van der Waals surface area contributed by atoms with Crippen LogP contribution < -0.4 is 11.1 Å². The zero-order chi connectivity index (χ0) is 12.5. The summed E-state index contributed by atoms with van der Waals surface area (Å²) in [5.74, 6) is 0. The molecule has 3 N–H and O–H groups in total. The fraction of sp³-hybridized carbons (Fsp3) is 0.600. The summed E-state index contributed by atoms with van der Waals surface area (Å²) in [6, 6.07) is 9.46. The summed E-state index contributed by atoms with van der Waals surface area (Å²) < 4.78 is 0. The van der Waals surface area contributed by atoms with E-state index in [2.05, 4.69) is 43.4 Å². The van der Waals surface area contributed by atoms with Crippen LogP contribution in [0.15, 0.2) is 24.3 Å². The Morgan fingerprint density at radius 1 is 1.12 bits per heavy atom. The minimum Gasteiger partial charge on any atom is -0.330 e. The van der Waals surface area contributed by atoms with Crippen LogP contribution in [-0.2, 0) is 6.42 Å². The molecule has 2 nitrogen and oxygen atoms in total. The first-order valence-electron chi connectivity index (χ1n) is 6.84. The highest BCUT2D eigenvalue weighted by Crippen LogP contribution is 2.17. The van der Waals surface area contributed by atoms with Gasteiger partial charge < -0.3 is 11.1 Å². The molecule has 1 unspecified atom stereocenters. The summed E-state index contributed by atoms with van der Waals surface area (Å²) in [5, 5.41) is 3.60. The van der Waals surface area contributed by atoms with Crippen molar-refractivity contribution in [2.24, 2.45) is 5.73 Å². The van der Waals surface area contributed by atoms with Gasteiger partial charge >= 0.3 is 0 Å². The van der Waals surface area contributed by atoms with Gasteiger partial charge in [0, 0.05) is 6.04 Å². The number of unbranched alkanes of at least 4 members (excludes halogenated alkanes) is 1. The van der Waals surface area contributed by atoms with Crippen molar-refractivity contribution >= 4 is 0 Å². The predicted octanol–water partition coefficient (Wildman–Crippen LogP) is 3.03. The monoisotopic (exact) mass is 234 g/mol. The van der Waals surface area contributed by atoms with E-state index in [0.717, 1.165) is 32.4 Å². The third-order valence-electron chi connectivity index (χ3n) is 3.22. The molecule has 0 aliphatic carbocycles. The molecule has 0 amide bonds. The number of benzene rings is 1. The van der Waals surface area contributed by atoms with Crippen molar-refractivity contribution in [2.75, 3.05) is 13.1 Å². The van der Waals surface area contributed by atoms with Gasteiger partial charge in [0.2, 0.25) is 0 Å². The Kier molecular flexibility index (Phi) is 6.90. The maximum absolute atomic E-state index is 5.49. The number of hydrogen-bond acceptors (Lipinski definition) is 2. The zero-order valence-electron chi connectivity index (χ0n) is 11.2. The largest absolute Gasteiger partial charge is 0.330 e. The molecule has 0 bridgehead atoms. The highest BCUT2D eigenvalue weighted by atomic mass is 14.9. The first-order chi connectivity index (χ1) is 8.31. The Morgan fingerprint density at radius 3 is 2.35 bits per heavy atom. The molecule has 0 aromatic heterocycles. The smallest absolute Gasteiger partial charge is 0.0317 e. The maximum atomic E-state index is 5.49. The van der Waals surface area contributed by atoms with Gasteiger partial charge in [-0.1, -0.05) is 38.1 Å². The van der Waals surface area contributed by atoms with Crippen LogP contribution >= 0.6 is 0 Å². The van der Waals surface area contributed by atoms with E-state index in [1.807, 2.05) is 0 Å². The van der Waals surface area contributed by atoms with Crippen LogP contribution in [-0.4, -0.2) is 13.1 Å². The van der Waals surface area contributed by atoms with Crippen molar-refractivity contribution in [2.45, 2.75) is 45.6 Å². The number of hydrogen-bond donors (Lipinski definition) is 2. The quantitative estimate of drug-likeness (QED) is 0.679. The van der Waals surface area contributed by atoms with Gasteiger partial charge in [-0.2, -0.15) is 0 Å². The summed E-state index contributed by atoms with van der Waals surface area (Å²) in [4.78, 5) is 0. The second-order valence-electron chi connectivity index (χ2n) is 4.51. The molecule has 17 heavy (non-hydrogen) atoms.